The third kappa shape index (κ3) is 1.86. The van der Waals surface area contributed by atoms with Gasteiger partial charge in [-0.3, -0.25) is 0 Å². The van der Waals surface area contributed by atoms with Crippen molar-refractivity contribution in [3.05, 3.63) is 33.8 Å². The van der Waals surface area contributed by atoms with Crippen LogP contribution in [0.25, 0.3) is 5.69 Å². The minimum absolute atomic E-state index is 0.456. The first-order valence-corrected chi connectivity index (χ1v) is 5.40. The van der Waals surface area contributed by atoms with Gasteiger partial charge in [0.2, 0.25) is 0 Å². The standard InChI is InChI=1S/C10H10Cl2N4/c1-5-14-6(2)16(15-5)10-8(11)3-7(13)4-9(10)12/h3-4H,13H2,1-2H3. The molecule has 1 aromatic carbocycles. The second-order valence-electron chi connectivity index (χ2n) is 3.45. The molecule has 0 unspecified atom stereocenters. The molecule has 0 atom stereocenters. The topological polar surface area (TPSA) is 56.7 Å². The molecule has 0 aliphatic carbocycles. The molecule has 0 bridgehead atoms. The lowest BCUT2D eigenvalue weighted by molar-refractivity contribution is 0.832. The lowest BCUT2D eigenvalue weighted by atomic mass is 10.3. The summed E-state index contributed by atoms with van der Waals surface area (Å²) >= 11 is 12.2. The first kappa shape index (κ1) is 11.2. The number of benzene rings is 1. The molecular weight excluding hydrogens is 247 g/mol. The zero-order valence-electron chi connectivity index (χ0n) is 8.83. The number of rotatable bonds is 1. The number of halogens is 2. The van der Waals surface area contributed by atoms with E-state index in [2.05, 4.69) is 10.1 Å². The summed E-state index contributed by atoms with van der Waals surface area (Å²) in [6.07, 6.45) is 0. The molecule has 0 amide bonds. The average molecular weight is 257 g/mol. The molecule has 16 heavy (non-hydrogen) atoms. The van der Waals surface area contributed by atoms with Crippen LogP contribution in [-0.4, -0.2) is 14.8 Å². The van der Waals surface area contributed by atoms with Crippen molar-refractivity contribution in [1.82, 2.24) is 14.8 Å². The van der Waals surface area contributed by atoms with E-state index in [0.29, 0.717) is 27.2 Å². The van der Waals surface area contributed by atoms with E-state index < -0.39 is 0 Å². The number of nitrogen functional groups attached to an aromatic ring is 1. The molecule has 1 aromatic heterocycles. The highest BCUT2D eigenvalue weighted by Gasteiger charge is 2.13. The molecule has 0 aliphatic rings. The van der Waals surface area contributed by atoms with Crippen molar-refractivity contribution in [3.63, 3.8) is 0 Å². The van der Waals surface area contributed by atoms with Crippen LogP contribution < -0.4 is 5.73 Å². The van der Waals surface area contributed by atoms with Gasteiger partial charge in [0, 0.05) is 5.69 Å². The average Bonchev–Trinajstić information content (AvgIpc) is 2.43. The number of aromatic nitrogens is 3. The van der Waals surface area contributed by atoms with Crippen LogP contribution in [0.15, 0.2) is 12.1 Å². The van der Waals surface area contributed by atoms with E-state index in [1.807, 2.05) is 13.8 Å². The highest BCUT2D eigenvalue weighted by molar-refractivity contribution is 6.38. The van der Waals surface area contributed by atoms with Crippen LogP contribution in [0.4, 0.5) is 5.69 Å². The van der Waals surface area contributed by atoms with Crippen molar-refractivity contribution in [2.75, 3.05) is 5.73 Å². The minimum Gasteiger partial charge on any atom is -0.399 e. The van der Waals surface area contributed by atoms with Gasteiger partial charge < -0.3 is 5.73 Å². The molecule has 0 saturated carbocycles. The Labute approximate surface area is 103 Å². The quantitative estimate of drug-likeness (QED) is 0.799. The molecule has 84 valence electrons. The third-order valence-electron chi connectivity index (χ3n) is 2.13. The van der Waals surface area contributed by atoms with Crippen LogP contribution in [0.2, 0.25) is 10.0 Å². The molecule has 6 heteroatoms. The summed E-state index contributed by atoms with van der Waals surface area (Å²) in [6.45, 7) is 3.64. The molecule has 0 fully saturated rings. The molecule has 1 heterocycles. The lowest BCUT2D eigenvalue weighted by Crippen LogP contribution is -2.02. The smallest absolute Gasteiger partial charge is 0.148 e. The second-order valence-corrected chi connectivity index (χ2v) is 4.27. The van der Waals surface area contributed by atoms with Gasteiger partial charge in [-0.2, -0.15) is 5.10 Å². The Morgan fingerprint density at radius 2 is 1.75 bits per heavy atom. The molecule has 2 aromatic rings. The van der Waals surface area contributed by atoms with E-state index in [9.17, 15) is 0 Å². The Morgan fingerprint density at radius 1 is 1.19 bits per heavy atom. The summed E-state index contributed by atoms with van der Waals surface area (Å²) in [7, 11) is 0. The van der Waals surface area contributed by atoms with Gasteiger partial charge in [0.05, 0.1) is 10.0 Å². The van der Waals surface area contributed by atoms with E-state index in [1.54, 1.807) is 16.8 Å². The number of hydrogen-bond donors (Lipinski definition) is 1. The largest absolute Gasteiger partial charge is 0.399 e. The maximum absolute atomic E-state index is 6.10. The van der Waals surface area contributed by atoms with Gasteiger partial charge in [0.25, 0.3) is 0 Å². The molecular formula is C10H10Cl2N4. The van der Waals surface area contributed by atoms with Gasteiger partial charge in [-0.15, -0.1) is 0 Å². The summed E-state index contributed by atoms with van der Waals surface area (Å²) < 4.78 is 1.61. The van der Waals surface area contributed by atoms with Gasteiger partial charge in [-0.05, 0) is 26.0 Å². The normalized spacial score (nSPS) is 10.8. The van der Waals surface area contributed by atoms with Crippen LogP contribution in [0, 0.1) is 13.8 Å². The van der Waals surface area contributed by atoms with Crippen LogP contribution in [0.3, 0.4) is 0 Å². The SMILES string of the molecule is Cc1nc(C)n(-c2c(Cl)cc(N)cc2Cl)n1. The first-order chi connectivity index (χ1) is 7.49. The minimum atomic E-state index is 0.456. The van der Waals surface area contributed by atoms with E-state index >= 15 is 0 Å². The predicted octanol–water partition coefficient (Wildman–Crippen LogP) is 2.77. The Hall–Kier alpha value is -1.26. The molecule has 2 N–H and O–H groups in total. The maximum Gasteiger partial charge on any atom is 0.148 e. The molecule has 0 saturated heterocycles. The zero-order valence-corrected chi connectivity index (χ0v) is 10.3. The molecule has 0 aliphatic heterocycles. The van der Waals surface area contributed by atoms with Gasteiger partial charge in [0.15, 0.2) is 0 Å². The van der Waals surface area contributed by atoms with Crippen molar-refractivity contribution in [3.8, 4) is 5.69 Å². The number of hydrogen-bond acceptors (Lipinski definition) is 3. The number of anilines is 1. The van der Waals surface area contributed by atoms with E-state index in [-0.39, 0.29) is 0 Å². The number of nitrogens with zero attached hydrogens (tertiary/aromatic N) is 3. The van der Waals surface area contributed by atoms with Crippen LogP contribution in [-0.2, 0) is 0 Å². The highest BCUT2D eigenvalue weighted by atomic mass is 35.5. The molecule has 4 nitrogen and oxygen atoms in total. The van der Waals surface area contributed by atoms with Crippen molar-refractivity contribution in [2.45, 2.75) is 13.8 Å². The van der Waals surface area contributed by atoms with Crippen molar-refractivity contribution in [1.29, 1.82) is 0 Å². The summed E-state index contributed by atoms with van der Waals surface area (Å²) in [4.78, 5) is 4.20. The number of nitrogens with two attached hydrogens (primary N) is 1. The van der Waals surface area contributed by atoms with Crippen LogP contribution >= 0.6 is 23.2 Å². The maximum atomic E-state index is 6.10. The van der Waals surface area contributed by atoms with Crippen molar-refractivity contribution >= 4 is 28.9 Å². The fourth-order valence-electron chi connectivity index (χ4n) is 1.52. The first-order valence-electron chi connectivity index (χ1n) is 4.64. The van der Waals surface area contributed by atoms with E-state index in [0.717, 1.165) is 5.82 Å². The third-order valence-corrected chi connectivity index (χ3v) is 2.70. The summed E-state index contributed by atoms with van der Waals surface area (Å²) in [5.74, 6) is 1.40. The fraction of sp³-hybridized carbons (Fsp3) is 0.200. The Kier molecular flexibility index (Phi) is 2.78. The number of aryl methyl sites for hydroxylation is 2. The molecule has 0 spiro atoms. The van der Waals surface area contributed by atoms with Gasteiger partial charge in [0.1, 0.15) is 17.3 Å². The van der Waals surface area contributed by atoms with Crippen molar-refractivity contribution in [2.24, 2.45) is 0 Å². The van der Waals surface area contributed by atoms with Crippen LogP contribution in [0.1, 0.15) is 11.6 Å². The lowest BCUT2D eigenvalue weighted by Gasteiger charge is -2.08. The summed E-state index contributed by atoms with van der Waals surface area (Å²) in [5, 5.41) is 5.14. The van der Waals surface area contributed by atoms with Gasteiger partial charge >= 0.3 is 0 Å². The fourth-order valence-corrected chi connectivity index (χ4v) is 2.18. The monoisotopic (exact) mass is 256 g/mol. The van der Waals surface area contributed by atoms with Crippen LogP contribution in [0.5, 0.6) is 0 Å². The second kappa shape index (κ2) is 3.96. The predicted molar refractivity (Wildman–Crippen MR) is 65.3 cm³/mol. The highest BCUT2D eigenvalue weighted by Crippen LogP contribution is 2.31. The zero-order chi connectivity index (χ0) is 11.9. The van der Waals surface area contributed by atoms with Gasteiger partial charge in [-0.25, -0.2) is 9.67 Å². The Morgan fingerprint density at radius 3 is 2.19 bits per heavy atom. The van der Waals surface area contributed by atoms with Crippen molar-refractivity contribution < 1.29 is 0 Å². The Balaban J connectivity index is 2.69. The van der Waals surface area contributed by atoms with E-state index in [1.165, 1.54) is 0 Å². The molecule has 2 rings (SSSR count). The summed E-state index contributed by atoms with van der Waals surface area (Å²) in [5.41, 5.74) is 6.76. The molecule has 0 radical (unpaired) electrons. The Bertz CT molecular complexity index is 525. The van der Waals surface area contributed by atoms with E-state index in [4.69, 9.17) is 28.9 Å². The van der Waals surface area contributed by atoms with Gasteiger partial charge in [-0.1, -0.05) is 23.2 Å². The summed E-state index contributed by atoms with van der Waals surface area (Å²) in [6, 6.07) is 3.28.